The average molecular weight is 563 g/mol. The van der Waals surface area contributed by atoms with Gasteiger partial charge in [0.1, 0.15) is 17.0 Å². The van der Waals surface area contributed by atoms with Gasteiger partial charge >= 0.3 is 0 Å². The Hall–Kier alpha value is -2.84. The lowest BCUT2D eigenvalue weighted by Crippen LogP contribution is -2.53. The van der Waals surface area contributed by atoms with Crippen molar-refractivity contribution < 1.29 is 23.1 Å². The molecule has 0 bridgehead atoms. The first-order valence-corrected chi connectivity index (χ1v) is 15.0. The van der Waals surface area contributed by atoms with Gasteiger partial charge in [0.15, 0.2) is 0 Å². The molecule has 39 heavy (non-hydrogen) atoms. The van der Waals surface area contributed by atoms with Crippen LogP contribution < -0.4 is 5.32 Å². The maximum Gasteiger partial charge on any atom is 0.248 e. The molecule has 2 saturated heterocycles. The molecule has 5 rings (SSSR count). The summed E-state index contributed by atoms with van der Waals surface area (Å²) in [5, 5.41) is 26.0. The lowest BCUT2D eigenvalue weighted by Gasteiger charge is -2.35. The lowest BCUT2D eigenvalue weighted by molar-refractivity contribution is -0.144. The summed E-state index contributed by atoms with van der Waals surface area (Å²) in [6.07, 6.45) is 7.00. The van der Waals surface area contributed by atoms with Crippen LogP contribution in [-0.4, -0.2) is 97.1 Å². The number of aromatic nitrogens is 5. The van der Waals surface area contributed by atoms with Crippen molar-refractivity contribution in [1.29, 1.82) is 0 Å². The molecular weight excluding hydrogens is 524 g/mol. The Morgan fingerprint density at radius 2 is 1.82 bits per heavy atom. The number of hydrogen-bond acceptors (Lipinski definition) is 8. The SMILES string of the molecule is Cn1cc(S(=O)(=O)N2CCC(NC(=O)[C@@H]3C[C@@H](O)CN3C(=O)[C@@H](n3cc(C4CC4)nn3)C(C)(C)C)CC2)cn1. The Bertz CT molecular complexity index is 1320. The zero-order valence-electron chi connectivity index (χ0n) is 22.9. The molecule has 14 heteroatoms. The van der Waals surface area contributed by atoms with Gasteiger partial charge in [-0.3, -0.25) is 14.3 Å². The number of likely N-dealkylation sites (tertiary alicyclic amines) is 1. The van der Waals surface area contributed by atoms with Crippen molar-refractivity contribution in [2.75, 3.05) is 19.6 Å². The molecule has 214 valence electrons. The molecule has 2 aliphatic heterocycles. The number of hydrogen-bond donors (Lipinski definition) is 2. The van der Waals surface area contributed by atoms with Gasteiger partial charge in [-0.2, -0.15) is 9.40 Å². The van der Waals surface area contributed by atoms with Crippen molar-refractivity contribution in [3.8, 4) is 0 Å². The third kappa shape index (κ3) is 5.73. The van der Waals surface area contributed by atoms with E-state index < -0.39 is 33.6 Å². The number of aliphatic hydroxyl groups excluding tert-OH is 1. The van der Waals surface area contributed by atoms with Crippen molar-refractivity contribution in [2.45, 2.75) is 87.9 Å². The smallest absolute Gasteiger partial charge is 0.248 e. The molecule has 1 saturated carbocycles. The zero-order valence-corrected chi connectivity index (χ0v) is 23.7. The number of aryl methyl sites for hydroxylation is 1. The fourth-order valence-corrected chi connectivity index (χ4v) is 7.00. The molecule has 2 aromatic heterocycles. The minimum Gasteiger partial charge on any atom is -0.391 e. The first-order chi connectivity index (χ1) is 18.3. The van der Waals surface area contributed by atoms with Crippen LogP contribution in [-0.2, 0) is 26.7 Å². The van der Waals surface area contributed by atoms with Crippen molar-refractivity contribution in [3.63, 3.8) is 0 Å². The Morgan fingerprint density at radius 1 is 1.13 bits per heavy atom. The highest BCUT2D eigenvalue weighted by atomic mass is 32.2. The number of piperidine rings is 1. The highest BCUT2D eigenvalue weighted by Gasteiger charge is 2.46. The van der Waals surface area contributed by atoms with Gasteiger partial charge in [-0.25, -0.2) is 13.1 Å². The summed E-state index contributed by atoms with van der Waals surface area (Å²) in [5.74, 6) is -0.213. The van der Waals surface area contributed by atoms with E-state index in [1.54, 1.807) is 11.7 Å². The number of nitrogens with one attached hydrogen (secondary N) is 1. The van der Waals surface area contributed by atoms with E-state index in [1.165, 1.54) is 26.3 Å². The van der Waals surface area contributed by atoms with E-state index in [4.69, 9.17) is 0 Å². The minimum atomic E-state index is -3.65. The number of nitrogens with zero attached hydrogens (tertiary/aromatic N) is 7. The number of sulfonamides is 1. The number of aliphatic hydroxyl groups is 1. The van der Waals surface area contributed by atoms with Crippen LogP contribution in [0.25, 0.3) is 0 Å². The fraction of sp³-hybridized carbons (Fsp3) is 0.720. The van der Waals surface area contributed by atoms with Crippen LogP contribution in [0.4, 0.5) is 0 Å². The van der Waals surface area contributed by atoms with Gasteiger partial charge < -0.3 is 15.3 Å². The average Bonchev–Trinajstić information content (AvgIpc) is 3.22. The highest BCUT2D eigenvalue weighted by Crippen LogP contribution is 2.40. The van der Waals surface area contributed by atoms with Gasteiger partial charge in [-0.1, -0.05) is 26.0 Å². The molecule has 0 aromatic carbocycles. The third-order valence-electron chi connectivity index (χ3n) is 7.83. The first-order valence-electron chi connectivity index (χ1n) is 13.5. The Kier molecular flexibility index (Phi) is 7.31. The highest BCUT2D eigenvalue weighted by molar-refractivity contribution is 7.89. The number of carbonyl (C=O) groups is 2. The van der Waals surface area contributed by atoms with E-state index in [1.807, 2.05) is 27.0 Å². The number of amides is 2. The summed E-state index contributed by atoms with van der Waals surface area (Å²) < 4.78 is 30.3. The quantitative estimate of drug-likeness (QED) is 0.492. The maximum atomic E-state index is 13.9. The predicted octanol–water partition coefficient (Wildman–Crippen LogP) is 0.408. The van der Waals surface area contributed by atoms with Gasteiger partial charge in [0.2, 0.25) is 21.8 Å². The summed E-state index contributed by atoms with van der Waals surface area (Å²) in [6, 6.07) is -1.73. The standard InChI is InChI=1S/C25H38N8O5S/c1-25(2,3)22(33-15-20(28-29-33)16-5-6-16)24(36)32-13-18(34)11-21(32)23(35)27-17-7-9-31(10-8-17)39(37,38)19-12-26-30(4)14-19/h12,14-18,21-22,34H,5-11,13H2,1-4H3,(H,27,35)/t18-,21+,22-/m1/s1. The van der Waals surface area contributed by atoms with Crippen molar-refractivity contribution in [1.82, 2.24) is 39.3 Å². The van der Waals surface area contributed by atoms with Gasteiger partial charge in [-0.05, 0) is 31.1 Å². The molecular formula is C25H38N8O5S. The van der Waals surface area contributed by atoms with E-state index in [0.717, 1.165) is 18.5 Å². The third-order valence-corrected chi connectivity index (χ3v) is 9.68. The second-order valence-electron chi connectivity index (χ2n) is 12.1. The summed E-state index contributed by atoms with van der Waals surface area (Å²) in [5.41, 5.74) is 0.372. The molecule has 3 atom stereocenters. The Morgan fingerprint density at radius 3 is 2.41 bits per heavy atom. The Balaban J connectivity index is 1.24. The molecule has 13 nitrogen and oxygen atoms in total. The van der Waals surface area contributed by atoms with Crippen LogP contribution >= 0.6 is 0 Å². The number of β-amino-alcohol motifs (C(OH)–C–C–N with tert-alkyl or cyclic N) is 1. The van der Waals surface area contributed by atoms with E-state index in [0.29, 0.717) is 18.8 Å². The topological polar surface area (TPSA) is 156 Å². The number of rotatable bonds is 7. The second-order valence-corrected chi connectivity index (χ2v) is 14.0. The molecule has 1 aliphatic carbocycles. The van der Waals surface area contributed by atoms with Crippen molar-refractivity contribution in [3.05, 3.63) is 24.3 Å². The molecule has 0 spiro atoms. The van der Waals surface area contributed by atoms with Crippen molar-refractivity contribution >= 4 is 21.8 Å². The van der Waals surface area contributed by atoms with Crippen LogP contribution in [0.1, 0.15) is 70.5 Å². The van der Waals surface area contributed by atoms with E-state index in [9.17, 15) is 23.1 Å². The van der Waals surface area contributed by atoms with E-state index in [2.05, 4.69) is 20.7 Å². The van der Waals surface area contributed by atoms with Crippen molar-refractivity contribution in [2.24, 2.45) is 12.5 Å². The van der Waals surface area contributed by atoms with Crippen LogP contribution in [0.3, 0.4) is 0 Å². The van der Waals surface area contributed by atoms with Gasteiger partial charge in [0.25, 0.3) is 0 Å². The predicted molar refractivity (Wildman–Crippen MR) is 140 cm³/mol. The Labute approximate surface area is 228 Å². The summed E-state index contributed by atoms with van der Waals surface area (Å²) in [6.45, 7) is 6.43. The molecule has 0 radical (unpaired) electrons. The molecule has 4 heterocycles. The molecule has 0 unspecified atom stereocenters. The van der Waals surface area contributed by atoms with Gasteiger partial charge in [-0.15, -0.1) is 5.10 Å². The van der Waals surface area contributed by atoms with Crippen LogP contribution in [0, 0.1) is 5.41 Å². The first kappa shape index (κ1) is 27.7. The van der Waals surface area contributed by atoms with E-state index in [-0.39, 0.29) is 48.8 Å². The normalized spacial score (nSPS) is 24.2. The molecule has 3 aliphatic rings. The molecule has 2 aromatic rings. The zero-order chi connectivity index (χ0) is 28.1. The van der Waals surface area contributed by atoms with Crippen LogP contribution in [0.5, 0.6) is 0 Å². The largest absolute Gasteiger partial charge is 0.391 e. The number of carbonyl (C=O) groups excluding carboxylic acids is 2. The van der Waals surface area contributed by atoms with E-state index >= 15 is 0 Å². The molecule has 2 N–H and O–H groups in total. The summed E-state index contributed by atoms with van der Waals surface area (Å²) in [4.78, 5) is 28.9. The molecule has 3 fully saturated rings. The van der Waals surface area contributed by atoms with Gasteiger partial charge in [0, 0.05) is 57.5 Å². The van der Waals surface area contributed by atoms with Crippen LogP contribution in [0.2, 0.25) is 0 Å². The molecule has 2 amide bonds. The minimum absolute atomic E-state index is 0.0650. The fourth-order valence-electron chi connectivity index (χ4n) is 5.55. The maximum absolute atomic E-state index is 13.9. The summed E-state index contributed by atoms with van der Waals surface area (Å²) in [7, 11) is -1.99. The van der Waals surface area contributed by atoms with Crippen LogP contribution in [0.15, 0.2) is 23.5 Å². The lowest BCUT2D eigenvalue weighted by atomic mass is 9.85. The second kappa shape index (κ2) is 10.3. The summed E-state index contributed by atoms with van der Waals surface area (Å²) >= 11 is 0. The monoisotopic (exact) mass is 562 g/mol. The van der Waals surface area contributed by atoms with Gasteiger partial charge in [0.05, 0.1) is 18.0 Å².